The highest BCUT2D eigenvalue weighted by Gasteiger charge is 2.22. The quantitative estimate of drug-likeness (QED) is 0.724. The lowest BCUT2D eigenvalue weighted by atomic mass is 10.1. The highest BCUT2D eigenvalue weighted by molar-refractivity contribution is 5.81. The number of esters is 1. The minimum absolute atomic E-state index is 0.145. The van der Waals surface area contributed by atoms with Crippen LogP contribution in [0.25, 0.3) is 0 Å². The third kappa shape index (κ3) is 4.87. The van der Waals surface area contributed by atoms with Gasteiger partial charge < -0.3 is 19.1 Å². The van der Waals surface area contributed by atoms with Crippen molar-refractivity contribution in [3.05, 3.63) is 47.3 Å². The van der Waals surface area contributed by atoms with E-state index < -0.39 is 0 Å². The van der Waals surface area contributed by atoms with E-state index in [1.54, 1.807) is 4.90 Å². The Hall–Kier alpha value is -2.83. The number of piperazine rings is 1. The Morgan fingerprint density at radius 3 is 2.44 bits per heavy atom. The molecule has 0 radical (unpaired) electrons. The summed E-state index contributed by atoms with van der Waals surface area (Å²) in [6.07, 6.45) is 0.710. The van der Waals surface area contributed by atoms with Crippen LogP contribution in [0.4, 0.5) is 5.69 Å². The smallest absolute Gasteiger partial charge is 0.306 e. The topological polar surface area (TPSA) is 75.9 Å². The van der Waals surface area contributed by atoms with Gasteiger partial charge in [0.2, 0.25) is 0 Å². The van der Waals surface area contributed by atoms with Crippen LogP contribution >= 0.6 is 0 Å². The van der Waals surface area contributed by atoms with E-state index in [4.69, 9.17) is 9.26 Å². The number of carbonyl (C=O) groups excluding carboxylic acids is 2. The summed E-state index contributed by atoms with van der Waals surface area (Å²) in [6.45, 7) is 6.26. The Balaban J connectivity index is 1.39. The number of hydrogen-bond donors (Lipinski definition) is 0. The molecule has 1 fully saturated rings. The molecule has 1 aromatic heterocycles. The van der Waals surface area contributed by atoms with Crippen LogP contribution < -0.4 is 4.90 Å². The summed E-state index contributed by atoms with van der Waals surface area (Å²) in [5.41, 5.74) is 2.87. The van der Waals surface area contributed by atoms with Crippen LogP contribution in [-0.4, -0.2) is 54.7 Å². The number of anilines is 1. The van der Waals surface area contributed by atoms with Crippen molar-refractivity contribution in [2.75, 3.05) is 37.7 Å². The summed E-state index contributed by atoms with van der Waals surface area (Å²) in [5, 5.41) is 3.87. The predicted molar refractivity (Wildman–Crippen MR) is 100 cm³/mol. The molecule has 0 saturated carbocycles. The van der Waals surface area contributed by atoms with Crippen LogP contribution in [0.15, 0.2) is 34.9 Å². The third-order valence-corrected chi connectivity index (χ3v) is 4.87. The van der Waals surface area contributed by atoms with Crippen molar-refractivity contribution >= 4 is 17.6 Å². The minimum atomic E-state index is -0.383. The standard InChI is InChI=1S/C20H25N3O4/c1-15-18(16(2)27-21-15)8-9-20(25)26-14-19(24)23-12-10-22(11-13-23)17-6-4-3-5-7-17/h3-7H,8-14H2,1-2H3. The first-order valence-electron chi connectivity index (χ1n) is 9.19. The van der Waals surface area contributed by atoms with E-state index in [0.717, 1.165) is 30.0 Å². The molecule has 3 rings (SSSR count). The summed E-state index contributed by atoms with van der Waals surface area (Å²) in [4.78, 5) is 28.2. The number of benzene rings is 1. The average molecular weight is 371 g/mol. The number of ether oxygens (including phenoxy) is 1. The molecule has 0 atom stereocenters. The molecule has 1 aliphatic rings. The van der Waals surface area contributed by atoms with Crippen LogP contribution in [0.5, 0.6) is 0 Å². The van der Waals surface area contributed by atoms with Gasteiger partial charge in [-0.1, -0.05) is 23.4 Å². The first kappa shape index (κ1) is 18.9. The summed E-state index contributed by atoms with van der Waals surface area (Å²) in [5.74, 6) is 0.187. The fourth-order valence-corrected chi connectivity index (χ4v) is 3.24. The fourth-order valence-electron chi connectivity index (χ4n) is 3.24. The molecule has 1 aliphatic heterocycles. The van der Waals surface area contributed by atoms with E-state index in [1.165, 1.54) is 0 Å². The number of carbonyl (C=O) groups is 2. The Morgan fingerprint density at radius 1 is 1.11 bits per heavy atom. The molecule has 2 aromatic rings. The molecular formula is C20H25N3O4. The number of aryl methyl sites for hydroxylation is 2. The van der Waals surface area contributed by atoms with E-state index >= 15 is 0 Å². The second-order valence-electron chi connectivity index (χ2n) is 6.67. The second-order valence-corrected chi connectivity index (χ2v) is 6.67. The summed E-state index contributed by atoms with van der Waals surface area (Å²) in [7, 11) is 0. The summed E-state index contributed by atoms with van der Waals surface area (Å²) < 4.78 is 10.2. The monoisotopic (exact) mass is 371 g/mol. The number of hydrogen-bond acceptors (Lipinski definition) is 6. The molecule has 144 valence electrons. The summed E-state index contributed by atoms with van der Waals surface area (Å²) >= 11 is 0. The highest BCUT2D eigenvalue weighted by atomic mass is 16.5. The molecule has 7 nitrogen and oxygen atoms in total. The van der Waals surface area contributed by atoms with Crippen molar-refractivity contribution < 1.29 is 18.8 Å². The minimum Gasteiger partial charge on any atom is -0.456 e. The Morgan fingerprint density at radius 2 is 1.81 bits per heavy atom. The van der Waals surface area contributed by atoms with Crippen molar-refractivity contribution in [3.63, 3.8) is 0 Å². The van der Waals surface area contributed by atoms with Gasteiger partial charge in [0, 0.05) is 43.9 Å². The molecule has 2 heterocycles. The molecule has 1 amide bonds. The molecule has 0 aliphatic carbocycles. The fraction of sp³-hybridized carbons (Fsp3) is 0.450. The zero-order valence-electron chi connectivity index (χ0n) is 15.8. The molecular weight excluding hydrogens is 346 g/mol. The van der Waals surface area contributed by atoms with Crippen molar-refractivity contribution in [1.82, 2.24) is 10.1 Å². The van der Waals surface area contributed by atoms with Gasteiger partial charge in [-0.05, 0) is 32.4 Å². The molecule has 0 bridgehead atoms. The number of para-hydroxylation sites is 1. The first-order chi connectivity index (χ1) is 13.0. The van der Waals surface area contributed by atoms with E-state index in [-0.39, 0.29) is 24.9 Å². The van der Waals surface area contributed by atoms with Gasteiger partial charge in [-0.25, -0.2) is 0 Å². The maximum Gasteiger partial charge on any atom is 0.306 e. The molecule has 1 aromatic carbocycles. The number of amides is 1. The average Bonchev–Trinajstić information content (AvgIpc) is 3.03. The zero-order chi connectivity index (χ0) is 19.2. The van der Waals surface area contributed by atoms with Gasteiger partial charge >= 0.3 is 5.97 Å². The number of nitrogens with zero attached hydrogens (tertiary/aromatic N) is 3. The maximum atomic E-state index is 12.3. The lowest BCUT2D eigenvalue weighted by Crippen LogP contribution is -2.49. The number of aromatic nitrogens is 1. The normalized spacial score (nSPS) is 14.3. The number of rotatable bonds is 6. The Bertz CT molecular complexity index is 760. The molecule has 0 N–H and O–H groups in total. The van der Waals surface area contributed by atoms with Crippen LogP contribution in [0.1, 0.15) is 23.4 Å². The van der Waals surface area contributed by atoms with Crippen LogP contribution in [0.3, 0.4) is 0 Å². The Kier molecular flexibility index (Phi) is 6.11. The Labute approximate surface area is 158 Å². The molecule has 27 heavy (non-hydrogen) atoms. The lowest BCUT2D eigenvalue weighted by molar-refractivity contribution is -0.152. The molecule has 1 saturated heterocycles. The second kappa shape index (κ2) is 8.70. The van der Waals surface area contributed by atoms with Gasteiger partial charge in [-0.2, -0.15) is 0 Å². The van der Waals surface area contributed by atoms with Gasteiger partial charge in [0.05, 0.1) is 5.69 Å². The van der Waals surface area contributed by atoms with E-state index in [9.17, 15) is 9.59 Å². The van der Waals surface area contributed by atoms with Gasteiger partial charge in [0.25, 0.3) is 5.91 Å². The van der Waals surface area contributed by atoms with Crippen molar-refractivity contribution in [2.24, 2.45) is 0 Å². The molecule has 7 heteroatoms. The largest absolute Gasteiger partial charge is 0.456 e. The lowest BCUT2D eigenvalue weighted by Gasteiger charge is -2.36. The highest BCUT2D eigenvalue weighted by Crippen LogP contribution is 2.16. The van der Waals surface area contributed by atoms with Crippen LogP contribution in [-0.2, 0) is 20.7 Å². The SMILES string of the molecule is Cc1noc(C)c1CCC(=O)OCC(=O)N1CCN(c2ccccc2)CC1. The first-order valence-corrected chi connectivity index (χ1v) is 9.19. The molecule has 0 spiro atoms. The predicted octanol–water partition coefficient (Wildman–Crippen LogP) is 2.12. The van der Waals surface area contributed by atoms with E-state index in [1.807, 2.05) is 32.0 Å². The van der Waals surface area contributed by atoms with Gasteiger partial charge in [0.1, 0.15) is 5.76 Å². The van der Waals surface area contributed by atoms with Crippen molar-refractivity contribution in [3.8, 4) is 0 Å². The van der Waals surface area contributed by atoms with E-state index in [2.05, 4.69) is 22.2 Å². The van der Waals surface area contributed by atoms with Gasteiger partial charge in [0.15, 0.2) is 6.61 Å². The van der Waals surface area contributed by atoms with Crippen LogP contribution in [0, 0.1) is 13.8 Å². The van der Waals surface area contributed by atoms with Gasteiger partial charge in [-0.15, -0.1) is 0 Å². The van der Waals surface area contributed by atoms with Crippen molar-refractivity contribution in [1.29, 1.82) is 0 Å². The zero-order valence-corrected chi connectivity index (χ0v) is 15.8. The third-order valence-electron chi connectivity index (χ3n) is 4.87. The van der Waals surface area contributed by atoms with Gasteiger partial charge in [-0.3, -0.25) is 9.59 Å². The maximum absolute atomic E-state index is 12.3. The van der Waals surface area contributed by atoms with E-state index in [0.29, 0.717) is 25.3 Å². The molecule has 0 unspecified atom stereocenters. The summed E-state index contributed by atoms with van der Waals surface area (Å²) in [6, 6.07) is 10.1. The van der Waals surface area contributed by atoms with Crippen molar-refractivity contribution in [2.45, 2.75) is 26.7 Å². The van der Waals surface area contributed by atoms with Crippen LogP contribution in [0.2, 0.25) is 0 Å².